The van der Waals surface area contributed by atoms with Gasteiger partial charge < -0.3 is 19.6 Å². The predicted molar refractivity (Wildman–Crippen MR) is 101 cm³/mol. The van der Waals surface area contributed by atoms with Gasteiger partial charge in [-0.3, -0.25) is 5.32 Å². The summed E-state index contributed by atoms with van der Waals surface area (Å²) in [5.74, 6) is 1.67. The zero-order chi connectivity index (χ0) is 18.1. The number of nitrogens with one attached hydrogen (secondary N) is 2. The minimum Gasteiger partial charge on any atom is -0.496 e. The summed E-state index contributed by atoms with van der Waals surface area (Å²) >= 11 is 0. The Morgan fingerprint density at radius 1 is 1.24 bits per heavy atom. The van der Waals surface area contributed by atoms with Crippen LogP contribution in [-0.2, 0) is 16.1 Å². The lowest BCUT2D eigenvalue weighted by molar-refractivity contribution is -0.113. The minimum absolute atomic E-state index is 0.466. The lowest BCUT2D eigenvalue weighted by atomic mass is 9.89. The van der Waals surface area contributed by atoms with E-state index in [0.717, 1.165) is 42.0 Å². The number of aldehydes is 1. The maximum absolute atomic E-state index is 11.8. The van der Waals surface area contributed by atoms with Gasteiger partial charge in [0.25, 0.3) is 0 Å². The monoisotopic (exact) mass is 348 g/mol. The molecule has 1 saturated carbocycles. The van der Waals surface area contributed by atoms with Crippen molar-refractivity contribution in [3.8, 4) is 5.75 Å². The molecule has 1 atom stereocenters. The second kappa shape index (κ2) is 9.78. The molecule has 140 valence electrons. The molecule has 1 aliphatic carbocycles. The van der Waals surface area contributed by atoms with Crippen molar-refractivity contribution in [3.63, 3.8) is 0 Å². The fourth-order valence-electron chi connectivity index (χ4n) is 3.76. The Morgan fingerprint density at radius 3 is 2.60 bits per heavy atom. The van der Waals surface area contributed by atoms with Crippen molar-refractivity contribution < 1.29 is 14.3 Å². The molecule has 5 heteroatoms. The first-order valence-corrected chi connectivity index (χ1v) is 9.19. The van der Waals surface area contributed by atoms with Crippen LogP contribution in [0.2, 0.25) is 0 Å². The molecule has 1 aromatic rings. The van der Waals surface area contributed by atoms with Gasteiger partial charge >= 0.3 is 0 Å². The van der Waals surface area contributed by atoms with E-state index in [1.807, 2.05) is 12.1 Å². The van der Waals surface area contributed by atoms with Crippen molar-refractivity contribution in [3.05, 3.63) is 23.8 Å². The molecule has 0 bridgehead atoms. The number of methoxy groups -OCH3 is 2. The first-order valence-electron chi connectivity index (χ1n) is 9.19. The highest BCUT2D eigenvalue weighted by Crippen LogP contribution is 2.33. The number of rotatable bonds is 5. The summed E-state index contributed by atoms with van der Waals surface area (Å²) in [4.78, 5) is 11.8. The van der Waals surface area contributed by atoms with Gasteiger partial charge in [0.15, 0.2) is 0 Å². The lowest BCUT2D eigenvalue weighted by Crippen LogP contribution is -2.50. The van der Waals surface area contributed by atoms with Gasteiger partial charge in [-0.05, 0) is 30.9 Å². The summed E-state index contributed by atoms with van der Waals surface area (Å²) in [6.07, 6.45) is 8.52. The highest BCUT2D eigenvalue weighted by atomic mass is 16.5. The molecule has 0 aromatic heterocycles. The van der Waals surface area contributed by atoms with Crippen LogP contribution in [0.4, 0.5) is 5.69 Å². The van der Waals surface area contributed by atoms with Crippen LogP contribution >= 0.6 is 0 Å². The quantitative estimate of drug-likeness (QED) is 0.799. The Morgan fingerprint density at radius 2 is 1.96 bits per heavy atom. The van der Waals surface area contributed by atoms with E-state index in [0.29, 0.717) is 13.1 Å². The summed E-state index contributed by atoms with van der Waals surface area (Å²) < 4.78 is 9.69. The molecule has 1 aliphatic heterocycles. The number of ether oxygens (including phenoxy) is 2. The van der Waals surface area contributed by atoms with Gasteiger partial charge in [0.05, 0.1) is 12.6 Å². The lowest BCUT2D eigenvalue weighted by Gasteiger charge is -2.29. The Hall–Kier alpha value is -1.59. The van der Waals surface area contributed by atoms with E-state index in [1.54, 1.807) is 21.3 Å². The molecule has 2 N–H and O–H groups in total. The number of hydrogen-bond acceptors (Lipinski definition) is 5. The summed E-state index contributed by atoms with van der Waals surface area (Å²) in [7, 11) is 4.94. The largest absolute Gasteiger partial charge is 0.496 e. The molecule has 5 nitrogen and oxygen atoms in total. The van der Waals surface area contributed by atoms with Crippen LogP contribution in [0.3, 0.4) is 0 Å². The van der Waals surface area contributed by atoms with Gasteiger partial charge in [0.2, 0.25) is 0 Å². The average Bonchev–Trinajstić information content (AvgIpc) is 3.09. The van der Waals surface area contributed by atoms with Crippen LogP contribution in [0.25, 0.3) is 0 Å². The fraction of sp³-hybridized carbons (Fsp3) is 0.650. The van der Waals surface area contributed by atoms with E-state index in [1.165, 1.54) is 25.7 Å². The second-order valence-corrected chi connectivity index (χ2v) is 7.06. The Balaban J connectivity index is 0.000000701. The van der Waals surface area contributed by atoms with E-state index in [-0.39, 0.29) is 0 Å². The molecule has 0 radical (unpaired) electrons. The molecule has 1 unspecified atom stereocenters. The summed E-state index contributed by atoms with van der Waals surface area (Å²) in [6, 6.07) is 6.00. The summed E-state index contributed by atoms with van der Waals surface area (Å²) in [5, 5.41) is 6.93. The van der Waals surface area contributed by atoms with Gasteiger partial charge in [0.1, 0.15) is 12.0 Å². The van der Waals surface area contributed by atoms with Crippen molar-refractivity contribution in [2.24, 2.45) is 5.92 Å². The number of benzene rings is 1. The van der Waals surface area contributed by atoms with Crippen molar-refractivity contribution in [1.29, 1.82) is 0 Å². The Bertz CT molecular complexity index is 544. The molecule has 1 fully saturated rings. The van der Waals surface area contributed by atoms with Gasteiger partial charge in [-0.15, -0.1) is 0 Å². The molecule has 1 aromatic carbocycles. The van der Waals surface area contributed by atoms with Crippen LogP contribution in [0.5, 0.6) is 5.75 Å². The molecule has 3 rings (SSSR count). The second-order valence-electron chi connectivity index (χ2n) is 7.06. The molecule has 0 spiro atoms. The molecule has 0 amide bonds. The number of fused-ring (bicyclic) bond motifs is 1. The predicted octanol–water partition coefficient (Wildman–Crippen LogP) is 3.38. The Labute approximate surface area is 151 Å². The molecule has 0 saturated heterocycles. The van der Waals surface area contributed by atoms with Crippen LogP contribution in [0.1, 0.15) is 44.1 Å². The van der Waals surface area contributed by atoms with E-state index >= 15 is 0 Å². The van der Waals surface area contributed by atoms with Crippen molar-refractivity contribution >= 4 is 12.0 Å². The average molecular weight is 348 g/mol. The smallest absolute Gasteiger partial charge is 0.141 e. The van der Waals surface area contributed by atoms with Gasteiger partial charge in [-0.25, -0.2) is 0 Å². The van der Waals surface area contributed by atoms with Crippen LogP contribution in [-0.4, -0.2) is 39.7 Å². The van der Waals surface area contributed by atoms with Crippen LogP contribution < -0.4 is 15.4 Å². The topological polar surface area (TPSA) is 59.6 Å². The Kier molecular flexibility index (Phi) is 7.72. The zero-order valence-corrected chi connectivity index (χ0v) is 15.8. The third kappa shape index (κ3) is 5.19. The zero-order valence-electron chi connectivity index (χ0n) is 15.8. The summed E-state index contributed by atoms with van der Waals surface area (Å²) in [5.41, 5.74) is 1.71. The first kappa shape index (κ1) is 19.7. The summed E-state index contributed by atoms with van der Waals surface area (Å²) in [6.45, 7) is 1.30. The van der Waals surface area contributed by atoms with Crippen molar-refractivity contribution in [2.75, 3.05) is 33.2 Å². The van der Waals surface area contributed by atoms with E-state index in [4.69, 9.17) is 4.74 Å². The van der Waals surface area contributed by atoms with E-state index in [2.05, 4.69) is 21.4 Å². The standard InChI is InChI=1S/C18H26N2O2.C2H6O/c1-22-17-8-4-7-16-15(17)11-20-18(13-21,12-19-16)10-9-14-5-2-3-6-14;1-3-2/h4,7-8,13-14,19-20H,2-3,5-6,9-12H2,1H3;1-2H3. The van der Waals surface area contributed by atoms with Crippen molar-refractivity contribution in [1.82, 2.24) is 5.32 Å². The number of carbonyl (C=O) groups excluding carboxylic acids is 1. The first-order chi connectivity index (χ1) is 12.2. The van der Waals surface area contributed by atoms with E-state index < -0.39 is 5.54 Å². The SMILES string of the molecule is COC.COc1cccc2c1CNC(C=O)(CCC1CCCC1)CN2. The number of carbonyl (C=O) groups is 1. The fourth-order valence-corrected chi connectivity index (χ4v) is 3.76. The normalized spacial score (nSPS) is 22.8. The van der Waals surface area contributed by atoms with Crippen LogP contribution in [0.15, 0.2) is 18.2 Å². The van der Waals surface area contributed by atoms with Gasteiger partial charge in [0, 0.05) is 38.6 Å². The van der Waals surface area contributed by atoms with Gasteiger partial charge in [-0.2, -0.15) is 0 Å². The van der Waals surface area contributed by atoms with Crippen LogP contribution in [0, 0.1) is 5.92 Å². The molecule has 2 aliphatic rings. The third-order valence-corrected chi connectivity index (χ3v) is 5.26. The number of hydrogen-bond donors (Lipinski definition) is 2. The molecule has 1 heterocycles. The maximum Gasteiger partial charge on any atom is 0.141 e. The molecular weight excluding hydrogens is 316 g/mol. The molecule has 25 heavy (non-hydrogen) atoms. The highest BCUT2D eigenvalue weighted by Gasteiger charge is 2.33. The minimum atomic E-state index is -0.466. The molecular formula is C20H32N2O3. The number of anilines is 1. The third-order valence-electron chi connectivity index (χ3n) is 5.26. The van der Waals surface area contributed by atoms with E-state index in [9.17, 15) is 4.79 Å². The maximum atomic E-state index is 11.8. The van der Waals surface area contributed by atoms with Crippen molar-refractivity contribution in [2.45, 2.75) is 50.6 Å². The van der Waals surface area contributed by atoms with Gasteiger partial charge in [-0.1, -0.05) is 31.7 Å². The highest BCUT2D eigenvalue weighted by molar-refractivity contribution is 5.68.